The number of carbonyl (C=O) groups is 3. The minimum Gasteiger partial charge on any atom is -0.456 e. The van der Waals surface area contributed by atoms with Crippen molar-refractivity contribution in [3.63, 3.8) is 0 Å². The Morgan fingerprint density at radius 1 is 1.43 bits per heavy atom. The van der Waals surface area contributed by atoms with Crippen molar-refractivity contribution < 1.29 is 24.0 Å². The highest BCUT2D eigenvalue weighted by atomic mass is 16.7. The van der Waals surface area contributed by atoms with Crippen molar-refractivity contribution in [1.29, 1.82) is 5.26 Å². The van der Waals surface area contributed by atoms with Crippen molar-refractivity contribution in [2.24, 2.45) is 0 Å². The summed E-state index contributed by atoms with van der Waals surface area (Å²) >= 11 is 0. The first kappa shape index (κ1) is 11.9. The first-order chi connectivity index (χ1) is 6.56. The van der Waals surface area contributed by atoms with Crippen LogP contribution in [0.2, 0.25) is 0 Å². The highest BCUT2D eigenvalue weighted by Crippen LogP contribution is 1.81. The van der Waals surface area contributed by atoms with Gasteiger partial charge in [0.25, 0.3) is 5.91 Å². The highest BCUT2D eigenvalue weighted by Gasteiger charge is 2.07. The molecule has 0 aliphatic rings. The van der Waals surface area contributed by atoms with Gasteiger partial charge in [0.1, 0.15) is 6.42 Å². The Balaban J connectivity index is 3.59. The van der Waals surface area contributed by atoms with Crippen molar-refractivity contribution in [2.75, 3.05) is 6.61 Å². The van der Waals surface area contributed by atoms with E-state index in [-0.39, 0.29) is 0 Å². The molecule has 76 valence electrons. The lowest BCUT2D eigenvalue weighted by atomic mass is 10.5. The van der Waals surface area contributed by atoms with Crippen LogP contribution in [-0.2, 0) is 24.0 Å². The number of hydroxylamine groups is 1. The number of nitriles is 1. The number of rotatable bonds is 3. The van der Waals surface area contributed by atoms with E-state index >= 15 is 0 Å². The molecule has 0 aliphatic carbocycles. The molecule has 0 fully saturated rings. The third-order valence-corrected chi connectivity index (χ3v) is 0.909. The second kappa shape index (κ2) is 6.42. The Hall–Kier alpha value is -2.10. The number of ether oxygens (including phenoxy) is 1. The molecule has 1 amide bonds. The molecule has 0 spiro atoms. The van der Waals surface area contributed by atoms with E-state index in [2.05, 4.69) is 9.57 Å². The number of esters is 1. The molecule has 0 aromatic heterocycles. The summed E-state index contributed by atoms with van der Waals surface area (Å²) in [5.41, 5.74) is 1.71. The standard InChI is InChI=1S/C7H8N2O5/c1-5(10)13-4-6(11)9-14-7(12)2-3-8/h2,4H2,1H3,(H,9,11). The zero-order valence-corrected chi connectivity index (χ0v) is 7.40. The van der Waals surface area contributed by atoms with Crippen molar-refractivity contribution in [1.82, 2.24) is 5.48 Å². The van der Waals surface area contributed by atoms with Crippen molar-refractivity contribution in [3.8, 4) is 6.07 Å². The molecule has 7 nitrogen and oxygen atoms in total. The van der Waals surface area contributed by atoms with Crippen LogP contribution in [0.5, 0.6) is 0 Å². The van der Waals surface area contributed by atoms with E-state index in [4.69, 9.17) is 5.26 Å². The van der Waals surface area contributed by atoms with Crippen LogP contribution >= 0.6 is 0 Å². The van der Waals surface area contributed by atoms with E-state index in [0.717, 1.165) is 6.92 Å². The highest BCUT2D eigenvalue weighted by molar-refractivity contribution is 5.81. The second-order valence-electron chi connectivity index (χ2n) is 2.11. The summed E-state index contributed by atoms with van der Waals surface area (Å²) in [5.74, 6) is -2.29. The molecule has 0 saturated carbocycles. The fourth-order valence-electron chi connectivity index (χ4n) is 0.411. The quantitative estimate of drug-likeness (QED) is 0.464. The predicted octanol–water partition coefficient (Wildman–Crippen LogP) is -0.962. The summed E-state index contributed by atoms with van der Waals surface area (Å²) in [6.07, 6.45) is -0.464. The van der Waals surface area contributed by atoms with Crippen LogP contribution in [0.3, 0.4) is 0 Å². The van der Waals surface area contributed by atoms with Gasteiger partial charge in [0, 0.05) is 6.92 Å². The molecule has 0 radical (unpaired) electrons. The normalized spacial score (nSPS) is 8.29. The van der Waals surface area contributed by atoms with E-state index < -0.39 is 30.9 Å². The molecular formula is C7H8N2O5. The molecular weight excluding hydrogens is 192 g/mol. The summed E-state index contributed by atoms with van der Waals surface area (Å²) in [6.45, 7) is 0.601. The van der Waals surface area contributed by atoms with Crippen molar-refractivity contribution >= 4 is 17.8 Å². The van der Waals surface area contributed by atoms with Gasteiger partial charge in [-0.15, -0.1) is 0 Å². The monoisotopic (exact) mass is 200 g/mol. The fraction of sp³-hybridized carbons (Fsp3) is 0.429. The zero-order valence-electron chi connectivity index (χ0n) is 7.40. The van der Waals surface area contributed by atoms with Crippen LogP contribution in [0.15, 0.2) is 0 Å². The fourth-order valence-corrected chi connectivity index (χ4v) is 0.411. The number of amides is 1. The van der Waals surface area contributed by atoms with Gasteiger partial charge in [-0.3, -0.25) is 9.59 Å². The Bertz CT molecular complexity index is 280. The van der Waals surface area contributed by atoms with E-state index in [1.807, 2.05) is 0 Å². The molecule has 0 aromatic rings. The lowest BCUT2D eigenvalue weighted by Crippen LogP contribution is -2.30. The second-order valence-corrected chi connectivity index (χ2v) is 2.11. The van der Waals surface area contributed by atoms with Crippen LogP contribution in [0.4, 0.5) is 0 Å². The largest absolute Gasteiger partial charge is 0.456 e. The summed E-state index contributed by atoms with van der Waals surface area (Å²) in [7, 11) is 0. The maximum atomic E-state index is 10.7. The van der Waals surface area contributed by atoms with E-state index in [1.165, 1.54) is 6.07 Å². The van der Waals surface area contributed by atoms with Crippen LogP contribution < -0.4 is 5.48 Å². The van der Waals surface area contributed by atoms with E-state index in [1.54, 1.807) is 5.48 Å². The Morgan fingerprint density at radius 3 is 2.57 bits per heavy atom. The first-order valence-electron chi connectivity index (χ1n) is 3.55. The molecule has 0 unspecified atom stereocenters. The van der Waals surface area contributed by atoms with Crippen LogP contribution in [0, 0.1) is 11.3 Å². The van der Waals surface area contributed by atoms with Gasteiger partial charge in [0.2, 0.25) is 0 Å². The first-order valence-corrected chi connectivity index (χ1v) is 3.55. The van der Waals surface area contributed by atoms with Gasteiger partial charge in [-0.1, -0.05) is 0 Å². The predicted molar refractivity (Wildman–Crippen MR) is 41.1 cm³/mol. The minimum atomic E-state index is -0.885. The lowest BCUT2D eigenvalue weighted by molar-refractivity contribution is -0.160. The van der Waals surface area contributed by atoms with Gasteiger partial charge in [-0.2, -0.15) is 10.7 Å². The lowest BCUT2D eigenvalue weighted by Gasteiger charge is -2.03. The molecule has 0 heterocycles. The van der Waals surface area contributed by atoms with Crippen LogP contribution in [0.1, 0.15) is 13.3 Å². The average molecular weight is 200 g/mol. The Labute approximate surface area is 79.5 Å². The third kappa shape index (κ3) is 6.60. The molecule has 0 bridgehead atoms. The van der Waals surface area contributed by atoms with E-state index in [9.17, 15) is 14.4 Å². The molecule has 0 aliphatic heterocycles. The van der Waals surface area contributed by atoms with Gasteiger partial charge in [-0.25, -0.2) is 4.79 Å². The maximum absolute atomic E-state index is 10.7. The molecule has 14 heavy (non-hydrogen) atoms. The number of carbonyl (C=O) groups excluding carboxylic acids is 3. The van der Waals surface area contributed by atoms with Crippen LogP contribution in [0.25, 0.3) is 0 Å². The van der Waals surface area contributed by atoms with Crippen molar-refractivity contribution in [3.05, 3.63) is 0 Å². The average Bonchev–Trinajstić information content (AvgIpc) is 2.12. The van der Waals surface area contributed by atoms with Gasteiger partial charge >= 0.3 is 11.9 Å². The topological polar surface area (TPSA) is 105 Å². The third-order valence-electron chi connectivity index (χ3n) is 0.909. The van der Waals surface area contributed by atoms with E-state index in [0.29, 0.717) is 0 Å². The molecule has 0 saturated heterocycles. The molecule has 0 atom stereocenters. The number of hydrogen-bond acceptors (Lipinski definition) is 6. The zero-order chi connectivity index (χ0) is 11.0. The number of hydrogen-bond donors (Lipinski definition) is 1. The van der Waals surface area contributed by atoms with Gasteiger partial charge < -0.3 is 9.57 Å². The van der Waals surface area contributed by atoms with Crippen LogP contribution in [-0.4, -0.2) is 24.5 Å². The van der Waals surface area contributed by atoms with Crippen molar-refractivity contribution in [2.45, 2.75) is 13.3 Å². The minimum absolute atomic E-state index is 0.464. The summed E-state index contributed by atoms with van der Waals surface area (Å²) in [4.78, 5) is 35.6. The van der Waals surface area contributed by atoms with Gasteiger partial charge in [-0.05, 0) is 0 Å². The Morgan fingerprint density at radius 2 is 2.07 bits per heavy atom. The molecule has 0 rings (SSSR count). The maximum Gasteiger partial charge on any atom is 0.346 e. The Kier molecular flexibility index (Phi) is 5.46. The molecule has 1 N–H and O–H groups in total. The van der Waals surface area contributed by atoms with Gasteiger partial charge in [0.15, 0.2) is 6.61 Å². The smallest absolute Gasteiger partial charge is 0.346 e. The summed E-state index contributed by atoms with van der Waals surface area (Å²) < 4.78 is 4.29. The summed E-state index contributed by atoms with van der Waals surface area (Å²) in [6, 6.07) is 1.53. The number of nitrogens with zero attached hydrogens (tertiary/aromatic N) is 1. The van der Waals surface area contributed by atoms with Gasteiger partial charge in [0.05, 0.1) is 6.07 Å². The molecule has 7 heteroatoms. The summed E-state index contributed by atoms with van der Waals surface area (Å²) in [5, 5.41) is 8.05. The molecule has 0 aromatic carbocycles. The number of nitrogens with one attached hydrogen (secondary N) is 1. The SMILES string of the molecule is CC(=O)OCC(=O)NOC(=O)CC#N.